The number of aliphatic hydroxyl groups excluding tert-OH is 1. The molecular weight excluding hydrogens is 340 g/mol. The van der Waals surface area contributed by atoms with Gasteiger partial charge in [0.2, 0.25) is 0 Å². The Balaban J connectivity index is 1.72. The van der Waals surface area contributed by atoms with Crippen LogP contribution in [-0.4, -0.2) is 11.2 Å². The van der Waals surface area contributed by atoms with Gasteiger partial charge < -0.3 is 5.11 Å². The molecule has 0 bridgehead atoms. The molecule has 0 aromatic rings. The van der Waals surface area contributed by atoms with Gasteiger partial charge in [0.05, 0.1) is 6.10 Å². The molecule has 1 nitrogen and oxygen atoms in total. The summed E-state index contributed by atoms with van der Waals surface area (Å²) < 4.78 is 0. The number of hydrogen-bond donors (Lipinski definition) is 1. The van der Waals surface area contributed by atoms with E-state index < -0.39 is 0 Å². The molecule has 3 rings (SSSR count). The summed E-state index contributed by atoms with van der Waals surface area (Å²) in [7, 11) is 0. The van der Waals surface area contributed by atoms with Gasteiger partial charge in [0, 0.05) is 0 Å². The molecule has 1 heteroatoms. The lowest BCUT2D eigenvalue weighted by molar-refractivity contribution is 0.0946. The maximum absolute atomic E-state index is 10.0. The molecule has 28 heavy (non-hydrogen) atoms. The molecule has 0 radical (unpaired) electrons. The maximum atomic E-state index is 10.0. The van der Waals surface area contributed by atoms with E-state index in [2.05, 4.69) is 52.5 Å². The zero-order valence-electron chi connectivity index (χ0n) is 18.8. The van der Waals surface area contributed by atoms with Gasteiger partial charge in [-0.3, -0.25) is 0 Å². The minimum Gasteiger partial charge on any atom is -0.393 e. The van der Waals surface area contributed by atoms with Crippen molar-refractivity contribution in [2.75, 3.05) is 0 Å². The molecule has 3 aliphatic carbocycles. The predicted molar refractivity (Wildman–Crippen MR) is 121 cm³/mol. The Bertz CT molecular complexity index is 660. The van der Waals surface area contributed by atoms with Crippen LogP contribution < -0.4 is 0 Å². The predicted octanol–water partition coefficient (Wildman–Crippen LogP) is 7.54. The second-order valence-electron chi connectivity index (χ2n) is 10.4. The fourth-order valence-electron chi connectivity index (χ4n) is 6.45. The van der Waals surface area contributed by atoms with Gasteiger partial charge in [0.25, 0.3) is 0 Å². The quantitative estimate of drug-likeness (QED) is 0.487. The lowest BCUT2D eigenvalue weighted by Crippen LogP contribution is -2.36. The highest BCUT2D eigenvalue weighted by molar-refractivity contribution is 5.36. The van der Waals surface area contributed by atoms with E-state index in [1.165, 1.54) is 61.7 Å². The second kappa shape index (κ2) is 9.16. The first-order valence-electron chi connectivity index (χ1n) is 11.7. The smallest absolute Gasteiger partial charge is 0.0583 e. The van der Waals surface area contributed by atoms with Crippen molar-refractivity contribution in [3.05, 3.63) is 47.1 Å². The zero-order chi connectivity index (χ0) is 20.3. The summed E-state index contributed by atoms with van der Waals surface area (Å²) in [6.07, 6.45) is 18.9. The Hall–Kier alpha value is -1.08. The molecule has 0 saturated heterocycles. The Labute approximate surface area is 173 Å². The summed E-state index contributed by atoms with van der Waals surface area (Å²) in [5, 5.41) is 10.0. The van der Waals surface area contributed by atoms with E-state index in [9.17, 15) is 5.11 Å². The third-order valence-corrected chi connectivity index (χ3v) is 8.09. The number of fused-ring (bicyclic) bond motifs is 1. The SMILES string of the molecule is C=C1CC[C@H](O)C/C1=C\C=C1/CCC[C@]2(C)[C@@H]([C@H](C)CCC=C(C)C)CC[C@@H]12. The van der Waals surface area contributed by atoms with Crippen molar-refractivity contribution in [2.45, 2.75) is 98.0 Å². The van der Waals surface area contributed by atoms with Crippen LogP contribution in [0.3, 0.4) is 0 Å². The highest BCUT2D eigenvalue weighted by Crippen LogP contribution is 2.59. The average molecular weight is 383 g/mol. The molecule has 0 heterocycles. The van der Waals surface area contributed by atoms with Gasteiger partial charge in [-0.2, -0.15) is 0 Å². The molecule has 0 unspecified atom stereocenters. The molecule has 0 spiro atoms. The number of hydrogen-bond acceptors (Lipinski definition) is 1. The zero-order valence-corrected chi connectivity index (χ0v) is 18.8. The van der Waals surface area contributed by atoms with Crippen molar-refractivity contribution >= 4 is 0 Å². The molecule has 0 aromatic carbocycles. The van der Waals surface area contributed by atoms with Crippen molar-refractivity contribution in [1.82, 2.24) is 0 Å². The van der Waals surface area contributed by atoms with E-state index in [0.717, 1.165) is 37.0 Å². The summed E-state index contributed by atoms with van der Waals surface area (Å²) in [5.74, 6) is 2.44. The highest BCUT2D eigenvalue weighted by Gasteiger charge is 2.50. The van der Waals surface area contributed by atoms with Gasteiger partial charge in [0.1, 0.15) is 0 Å². The van der Waals surface area contributed by atoms with Crippen molar-refractivity contribution in [3.8, 4) is 0 Å². The lowest BCUT2D eigenvalue weighted by Gasteiger charge is -2.44. The largest absolute Gasteiger partial charge is 0.393 e. The number of rotatable bonds is 5. The lowest BCUT2D eigenvalue weighted by atomic mass is 9.60. The van der Waals surface area contributed by atoms with Crippen molar-refractivity contribution in [1.29, 1.82) is 0 Å². The van der Waals surface area contributed by atoms with Crippen molar-refractivity contribution in [3.63, 3.8) is 0 Å². The van der Waals surface area contributed by atoms with Crippen LogP contribution >= 0.6 is 0 Å². The third-order valence-electron chi connectivity index (χ3n) is 8.09. The first kappa shape index (κ1) is 21.6. The van der Waals surface area contributed by atoms with Gasteiger partial charge in [0.15, 0.2) is 0 Å². The van der Waals surface area contributed by atoms with Crippen LogP contribution in [0.1, 0.15) is 91.9 Å². The number of allylic oxidation sites excluding steroid dienone is 6. The fourth-order valence-corrected chi connectivity index (χ4v) is 6.45. The van der Waals surface area contributed by atoms with Crippen LogP contribution in [0.2, 0.25) is 0 Å². The Morgan fingerprint density at radius 2 is 2.00 bits per heavy atom. The van der Waals surface area contributed by atoms with E-state index in [1.807, 2.05) is 0 Å². The van der Waals surface area contributed by atoms with Gasteiger partial charge in [-0.1, -0.05) is 55.4 Å². The molecule has 5 atom stereocenters. The van der Waals surface area contributed by atoms with E-state index in [-0.39, 0.29) is 6.10 Å². The van der Waals surface area contributed by atoms with Crippen LogP contribution in [0.25, 0.3) is 0 Å². The Morgan fingerprint density at radius 1 is 1.21 bits per heavy atom. The van der Waals surface area contributed by atoms with E-state index in [0.29, 0.717) is 5.41 Å². The first-order valence-corrected chi connectivity index (χ1v) is 11.7. The van der Waals surface area contributed by atoms with E-state index >= 15 is 0 Å². The van der Waals surface area contributed by atoms with Crippen LogP contribution in [0, 0.1) is 23.2 Å². The minimum absolute atomic E-state index is 0.177. The number of aliphatic hydroxyl groups is 1. The van der Waals surface area contributed by atoms with Crippen LogP contribution in [-0.2, 0) is 0 Å². The molecule has 3 aliphatic rings. The maximum Gasteiger partial charge on any atom is 0.0583 e. The molecule has 3 fully saturated rings. The van der Waals surface area contributed by atoms with Crippen LogP contribution in [0.15, 0.2) is 47.1 Å². The summed E-state index contributed by atoms with van der Waals surface area (Å²) in [5.41, 5.74) is 6.12. The molecule has 0 aromatic heterocycles. The topological polar surface area (TPSA) is 20.2 Å². The molecule has 156 valence electrons. The summed E-state index contributed by atoms with van der Waals surface area (Å²) in [6.45, 7) is 13.8. The van der Waals surface area contributed by atoms with Crippen molar-refractivity contribution < 1.29 is 5.11 Å². The van der Waals surface area contributed by atoms with E-state index in [4.69, 9.17) is 0 Å². The van der Waals surface area contributed by atoms with Gasteiger partial charge in [-0.15, -0.1) is 0 Å². The molecular formula is C27H42O. The minimum atomic E-state index is -0.177. The average Bonchev–Trinajstić information content (AvgIpc) is 2.99. The summed E-state index contributed by atoms with van der Waals surface area (Å²) >= 11 is 0. The third kappa shape index (κ3) is 4.73. The summed E-state index contributed by atoms with van der Waals surface area (Å²) in [4.78, 5) is 0. The van der Waals surface area contributed by atoms with Crippen LogP contribution in [0.4, 0.5) is 0 Å². The highest BCUT2D eigenvalue weighted by atomic mass is 16.3. The monoisotopic (exact) mass is 382 g/mol. The van der Waals surface area contributed by atoms with Crippen LogP contribution in [0.5, 0.6) is 0 Å². The molecule has 0 aliphatic heterocycles. The standard InChI is InChI=1S/C27H42O/c1-19(2)8-6-9-21(4)25-15-16-26-22(10-7-17-27(25,26)5)12-13-23-18-24(28)14-11-20(23)3/h8,12-13,21,24-26,28H,3,6-7,9-11,14-18H2,1-2,4-5H3/b22-12+,23-13+/t21-,24+,25-,26+,27-/m1/s1. The Morgan fingerprint density at radius 3 is 2.75 bits per heavy atom. The molecule has 1 N–H and O–H groups in total. The fraction of sp³-hybridized carbons (Fsp3) is 0.704. The first-order chi connectivity index (χ1) is 13.3. The van der Waals surface area contributed by atoms with Crippen molar-refractivity contribution in [2.24, 2.45) is 23.2 Å². The van der Waals surface area contributed by atoms with Gasteiger partial charge in [-0.05, 0) is 107 Å². The Kier molecular flexibility index (Phi) is 7.07. The molecule has 3 saturated carbocycles. The van der Waals surface area contributed by atoms with Gasteiger partial charge in [-0.25, -0.2) is 0 Å². The second-order valence-corrected chi connectivity index (χ2v) is 10.4. The van der Waals surface area contributed by atoms with Gasteiger partial charge >= 0.3 is 0 Å². The molecule has 0 amide bonds. The normalized spacial score (nSPS) is 37.2. The van der Waals surface area contributed by atoms with E-state index in [1.54, 1.807) is 5.57 Å². The summed E-state index contributed by atoms with van der Waals surface area (Å²) in [6, 6.07) is 0.